The average Bonchev–Trinajstić information content (AvgIpc) is 2.54. The molecule has 2 rings (SSSR count). The zero-order valence-electron chi connectivity index (χ0n) is 13.6. The first-order chi connectivity index (χ1) is 11.3. The fourth-order valence-electron chi connectivity index (χ4n) is 2.18. The molecular weight excluding hydrogens is 330 g/mol. The van der Waals surface area contributed by atoms with Crippen LogP contribution >= 0.6 is 0 Å². The van der Waals surface area contributed by atoms with E-state index in [1.165, 1.54) is 26.2 Å². The van der Waals surface area contributed by atoms with Crippen LogP contribution in [-0.2, 0) is 14.8 Å². The number of aromatic nitrogens is 1. The fraction of sp³-hybridized carbons (Fsp3) is 0.250. The van der Waals surface area contributed by atoms with Gasteiger partial charge in [0, 0.05) is 31.0 Å². The summed E-state index contributed by atoms with van der Waals surface area (Å²) in [5, 5.41) is 2.56. The zero-order chi connectivity index (χ0) is 17.7. The lowest BCUT2D eigenvalue weighted by atomic mass is 10.1. The molecule has 1 heterocycles. The van der Waals surface area contributed by atoms with Gasteiger partial charge in [0.2, 0.25) is 15.9 Å². The summed E-state index contributed by atoms with van der Waals surface area (Å²) in [6.45, 7) is 3.08. The van der Waals surface area contributed by atoms with Crippen molar-refractivity contribution in [1.29, 1.82) is 0 Å². The minimum atomic E-state index is -3.86. The summed E-state index contributed by atoms with van der Waals surface area (Å²) in [5.41, 5.74) is 1.16. The number of anilines is 1. The molecule has 0 aliphatic rings. The Morgan fingerprint density at radius 2 is 1.88 bits per heavy atom. The van der Waals surface area contributed by atoms with E-state index in [2.05, 4.69) is 15.0 Å². The highest BCUT2D eigenvalue weighted by Gasteiger charge is 2.23. The van der Waals surface area contributed by atoms with E-state index in [9.17, 15) is 13.2 Å². The van der Waals surface area contributed by atoms with E-state index in [0.717, 1.165) is 5.56 Å². The van der Waals surface area contributed by atoms with Crippen LogP contribution in [0.25, 0.3) is 0 Å². The van der Waals surface area contributed by atoms with Gasteiger partial charge in [-0.3, -0.25) is 9.78 Å². The standard InChI is InChI=1S/C16H19N3O4S/c1-11(13-6-8-17-9-7-13)19-24(21,22)16-10-14(18-12(2)20)4-5-15(16)23-3/h4-11,19H,1-3H3,(H,18,20)/t11-/m0/s1. The number of carbonyl (C=O) groups is 1. The molecule has 1 aromatic carbocycles. The van der Waals surface area contributed by atoms with Crippen LogP contribution in [0, 0.1) is 0 Å². The molecule has 0 bridgehead atoms. The van der Waals surface area contributed by atoms with Crippen LogP contribution in [0.15, 0.2) is 47.6 Å². The van der Waals surface area contributed by atoms with Gasteiger partial charge in [-0.15, -0.1) is 0 Å². The van der Waals surface area contributed by atoms with Crippen LogP contribution in [0.5, 0.6) is 5.75 Å². The Morgan fingerprint density at radius 3 is 2.46 bits per heavy atom. The molecular formula is C16H19N3O4S. The number of rotatable bonds is 6. The van der Waals surface area contributed by atoms with Gasteiger partial charge in [0.05, 0.1) is 7.11 Å². The molecule has 7 nitrogen and oxygen atoms in total. The van der Waals surface area contributed by atoms with Crippen molar-refractivity contribution in [3.05, 3.63) is 48.3 Å². The summed E-state index contributed by atoms with van der Waals surface area (Å²) in [4.78, 5) is 15.0. The highest BCUT2D eigenvalue weighted by Crippen LogP contribution is 2.28. The van der Waals surface area contributed by atoms with Crippen molar-refractivity contribution in [2.75, 3.05) is 12.4 Å². The zero-order valence-corrected chi connectivity index (χ0v) is 14.4. The van der Waals surface area contributed by atoms with Crippen LogP contribution in [0.4, 0.5) is 5.69 Å². The summed E-state index contributed by atoms with van der Waals surface area (Å²) in [6, 6.07) is 7.45. The molecule has 0 spiro atoms. The first kappa shape index (κ1) is 17.9. The van der Waals surface area contributed by atoms with Crippen molar-refractivity contribution in [3.8, 4) is 5.75 Å². The Kier molecular flexibility index (Phi) is 5.53. The molecule has 0 saturated carbocycles. The number of hydrogen-bond acceptors (Lipinski definition) is 5. The maximum Gasteiger partial charge on any atom is 0.244 e. The first-order valence-electron chi connectivity index (χ1n) is 7.21. The minimum Gasteiger partial charge on any atom is -0.495 e. The summed E-state index contributed by atoms with van der Waals surface area (Å²) < 4.78 is 33.2. The molecule has 0 aliphatic heterocycles. The first-order valence-corrected chi connectivity index (χ1v) is 8.69. The predicted molar refractivity (Wildman–Crippen MR) is 90.3 cm³/mol. The van der Waals surface area contributed by atoms with Crippen molar-refractivity contribution in [1.82, 2.24) is 9.71 Å². The molecule has 1 amide bonds. The Balaban J connectivity index is 2.35. The summed E-state index contributed by atoms with van der Waals surface area (Å²) in [6.07, 6.45) is 3.19. The normalized spacial score (nSPS) is 12.5. The second-order valence-corrected chi connectivity index (χ2v) is 6.85. The molecule has 1 aromatic heterocycles. The van der Waals surface area contributed by atoms with Gasteiger partial charge in [-0.05, 0) is 42.8 Å². The summed E-state index contributed by atoms with van der Waals surface area (Å²) >= 11 is 0. The van der Waals surface area contributed by atoms with Gasteiger partial charge in [0.15, 0.2) is 0 Å². The second-order valence-electron chi connectivity index (χ2n) is 5.17. The topological polar surface area (TPSA) is 97.4 Å². The Labute approximate surface area is 141 Å². The third kappa shape index (κ3) is 4.30. The number of amides is 1. The molecule has 2 N–H and O–H groups in total. The van der Waals surface area contributed by atoms with E-state index in [1.807, 2.05) is 0 Å². The monoisotopic (exact) mass is 349 g/mol. The third-order valence-electron chi connectivity index (χ3n) is 3.31. The minimum absolute atomic E-state index is 0.0443. The van der Waals surface area contributed by atoms with E-state index in [0.29, 0.717) is 5.69 Å². The predicted octanol–water partition coefficient (Wildman–Crippen LogP) is 2.09. The number of carbonyl (C=O) groups excluding carboxylic acids is 1. The van der Waals surface area contributed by atoms with Crippen molar-refractivity contribution < 1.29 is 17.9 Å². The number of nitrogens with zero attached hydrogens (tertiary/aromatic N) is 1. The van der Waals surface area contributed by atoms with Crippen LogP contribution in [0.3, 0.4) is 0 Å². The lowest BCUT2D eigenvalue weighted by Crippen LogP contribution is -2.27. The van der Waals surface area contributed by atoms with Crippen LogP contribution < -0.4 is 14.8 Å². The smallest absolute Gasteiger partial charge is 0.244 e. The Morgan fingerprint density at radius 1 is 1.21 bits per heavy atom. The van der Waals surface area contributed by atoms with Gasteiger partial charge in [-0.2, -0.15) is 0 Å². The number of sulfonamides is 1. The van der Waals surface area contributed by atoms with Gasteiger partial charge in [-0.1, -0.05) is 0 Å². The third-order valence-corrected chi connectivity index (χ3v) is 4.87. The SMILES string of the molecule is COc1ccc(NC(C)=O)cc1S(=O)(=O)N[C@@H](C)c1ccncc1. The number of hydrogen-bond donors (Lipinski definition) is 2. The molecule has 128 valence electrons. The maximum atomic E-state index is 12.7. The maximum absolute atomic E-state index is 12.7. The fourth-order valence-corrected chi connectivity index (χ4v) is 3.61. The number of benzene rings is 1. The molecule has 1 atom stereocenters. The van der Waals surface area contributed by atoms with E-state index in [-0.39, 0.29) is 16.6 Å². The average molecular weight is 349 g/mol. The largest absolute Gasteiger partial charge is 0.495 e. The van der Waals surface area contributed by atoms with Gasteiger partial charge in [0.1, 0.15) is 10.6 Å². The lowest BCUT2D eigenvalue weighted by molar-refractivity contribution is -0.114. The molecule has 0 radical (unpaired) electrons. The molecule has 24 heavy (non-hydrogen) atoms. The van der Waals surface area contributed by atoms with E-state index in [1.54, 1.807) is 37.5 Å². The van der Waals surface area contributed by atoms with Crippen molar-refractivity contribution in [2.45, 2.75) is 24.8 Å². The molecule has 0 aliphatic carbocycles. The lowest BCUT2D eigenvalue weighted by Gasteiger charge is -2.17. The Hall–Kier alpha value is -2.45. The quantitative estimate of drug-likeness (QED) is 0.832. The van der Waals surface area contributed by atoms with E-state index >= 15 is 0 Å². The molecule has 8 heteroatoms. The highest BCUT2D eigenvalue weighted by molar-refractivity contribution is 7.89. The molecule has 2 aromatic rings. The van der Waals surface area contributed by atoms with E-state index in [4.69, 9.17) is 4.74 Å². The number of methoxy groups -OCH3 is 1. The van der Waals surface area contributed by atoms with Gasteiger partial charge in [0.25, 0.3) is 0 Å². The van der Waals surface area contributed by atoms with Crippen molar-refractivity contribution in [2.24, 2.45) is 0 Å². The van der Waals surface area contributed by atoms with Crippen molar-refractivity contribution >= 4 is 21.6 Å². The number of pyridine rings is 1. The molecule has 0 unspecified atom stereocenters. The molecule has 0 fully saturated rings. The summed E-state index contributed by atoms with van der Waals surface area (Å²) in [7, 11) is -2.47. The van der Waals surface area contributed by atoms with Gasteiger partial charge < -0.3 is 10.1 Å². The van der Waals surface area contributed by atoms with Crippen LogP contribution in [-0.4, -0.2) is 26.4 Å². The van der Waals surface area contributed by atoms with E-state index < -0.39 is 16.1 Å². The number of ether oxygens (including phenoxy) is 1. The van der Waals surface area contributed by atoms with Gasteiger partial charge >= 0.3 is 0 Å². The van der Waals surface area contributed by atoms with Gasteiger partial charge in [-0.25, -0.2) is 13.1 Å². The van der Waals surface area contributed by atoms with Crippen LogP contribution in [0.2, 0.25) is 0 Å². The Bertz CT molecular complexity index is 822. The summed E-state index contributed by atoms with van der Waals surface area (Å²) in [5.74, 6) is -0.0971. The second kappa shape index (κ2) is 7.41. The van der Waals surface area contributed by atoms with Crippen LogP contribution in [0.1, 0.15) is 25.5 Å². The highest BCUT2D eigenvalue weighted by atomic mass is 32.2. The van der Waals surface area contributed by atoms with Crippen molar-refractivity contribution in [3.63, 3.8) is 0 Å². The number of nitrogens with one attached hydrogen (secondary N) is 2. The molecule has 0 saturated heterocycles.